The minimum absolute atomic E-state index is 0.0926. The lowest BCUT2D eigenvalue weighted by Gasteiger charge is -2.16. The second kappa shape index (κ2) is 3.52. The fourth-order valence-electron chi connectivity index (χ4n) is 0.669. The summed E-state index contributed by atoms with van der Waals surface area (Å²) in [6.45, 7) is 8.54. The molecule has 3 heteroatoms. The highest BCUT2D eigenvalue weighted by Crippen LogP contribution is 2.19. The minimum Gasteiger partial charge on any atom is -0.465 e. The zero-order valence-electron chi connectivity index (χ0n) is 7.93. The van der Waals surface area contributed by atoms with Gasteiger partial charge in [0.25, 0.3) is 0 Å². The summed E-state index contributed by atoms with van der Waals surface area (Å²) >= 11 is 0. The molecular formula is C9H14O3. The van der Waals surface area contributed by atoms with Crippen molar-refractivity contribution in [2.24, 2.45) is 5.41 Å². The Labute approximate surface area is 72.4 Å². The standard InChI is InChI=1S/C9H14O3/c1-6(8(11)12-5)7(10)9(2,3)4/h1H2,2-5H3. The first-order chi connectivity index (χ1) is 5.30. The van der Waals surface area contributed by atoms with E-state index in [9.17, 15) is 9.59 Å². The maximum atomic E-state index is 11.4. The maximum absolute atomic E-state index is 11.4. The van der Waals surface area contributed by atoms with Crippen LogP contribution >= 0.6 is 0 Å². The van der Waals surface area contributed by atoms with Gasteiger partial charge in [0.1, 0.15) is 0 Å². The molecule has 0 unspecified atom stereocenters. The number of carbonyl (C=O) groups is 2. The van der Waals surface area contributed by atoms with Gasteiger partial charge in [-0.2, -0.15) is 0 Å². The summed E-state index contributed by atoms with van der Waals surface area (Å²) in [5, 5.41) is 0. The second-order valence-electron chi connectivity index (χ2n) is 3.55. The Morgan fingerprint density at radius 3 is 1.92 bits per heavy atom. The summed E-state index contributed by atoms with van der Waals surface area (Å²) in [7, 11) is 1.23. The molecule has 0 atom stereocenters. The third kappa shape index (κ3) is 2.49. The van der Waals surface area contributed by atoms with Gasteiger partial charge in [-0.3, -0.25) is 4.79 Å². The molecule has 0 bridgehead atoms. The molecule has 0 aliphatic heterocycles. The number of esters is 1. The van der Waals surface area contributed by atoms with Gasteiger partial charge in [-0.05, 0) is 0 Å². The molecule has 0 aromatic carbocycles. The molecule has 0 aliphatic rings. The first-order valence-electron chi connectivity index (χ1n) is 3.62. The molecule has 3 nitrogen and oxygen atoms in total. The Morgan fingerprint density at radius 1 is 1.25 bits per heavy atom. The van der Waals surface area contributed by atoms with E-state index in [-0.39, 0.29) is 11.4 Å². The Bertz CT molecular complexity index is 220. The summed E-state index contributed by atoms with van der Waals surface area (Å²) in [5.41, 5.74) is -0.671. The van der Waals surface area contributed by atoms with Crippen molar-refractivity contribution in [2.75, 3.05) is 7.11 Å². The van der Waals surface area contributed by atoms with Gasteiger partial charge in [-0.25, -0.2) is 4.79 Å². The topological polar surface area (TPSA) is 43.4 Å². The van der Waals surface area contributed by atoms with Crippen molar-refractivity contribution in [2.45, 2.75) is 20.8 Å². The minimum atomic E-state index is -0.657. The normalized spacial score (nSPS) is 10.7. The molecule has 0 saturated carbocycles. The predicted octanol–water partition coefficient (Wildman–Crippen LogP) is 1.33. The summed E-state index contributed by atoms with van der Waals surface area (Å²) in [5.74, 6) is -0.940. The van der Waals surface area contributed by atoms with Crippen LogP contribution in [0.2, 0.25) is 0 Å². The van der Waals surface area contributed by atoms with Crippen LogP contribution in [0.1, 0.15) is 20.8 Å². The van der Waals surface area contributed by atoms with Crippen molar-refractivity contribution in [3.8, 4) is 0 Å². The lowest BCUT2D eigenvalue weighted by atomic mass is 9.87. The number of Topliss-reactive ketones (excluding diaryl/α,β-unsaturated/α-hetero) is 1. The quantitative estimate of drug-likeness (QED) is 0.272. The Kier molecular flexibility index (Phi) is 3.19. The van der Waals surface area contributed by atoms with Gasteiger partial charge in [0.05, 0.1) is 12.7 Å². The van der Waals surface area contributed by atoms with Crippen LogP contribution in [-0.2, 0) is 14.3 Å². The molecule has 0 amide bonds. The van der Waals surface area contributed by atoms with E-state index in [1.165, 1.54) is 7.11 Å². The predicted molar refractivity (Wildman–Crippen MR) is 45.6 cm³/mol. The fraction of sp³-hybridized carbons (Fsp3) is 0.556. The van der Waals surface area contributed by atoms with Gasteiger partial charge < -0.3 is 4.74 Å². The largest absolute Gasteiger partial charge is 0.465 e. The molecule has 68 valence electrons. The van der Waals surface area contributed by atoms with Gasteiger partial charge in [0.15, 0.2) is 5.78 Å². The van der Waals surface area contributed by atoms with Crippen LogP contribution in [0.5, 0.6) is 0 Å². The summed E-state index contributed by atoms with van der Waals surface area (Å²) in [6.07, 6.45) is 0. The molecule has 0 rings (SSSR count). The molecule has 0 saturated heterocycles. The van der Waals surface area contributed by atoms with Gasteiger partial charge >= 0.3 is 5.97 Å². The summed E-state index contributed by atoms with van der Waals surface area (Å²) in [6, 6.07) is 0. The van der Waals surface area contributed by atoms with Gasteiger partial charge in [-0.15, -0.1) is 0 Å². The van der Waals surface area contributed by atoms with Crippen molar-refractivity contribution in [3.05, 3.63) is 12.2 Å². The van der Waals surface area contributed by atoms with Crippen LogP contribution in [0.15, 0.2) is 12.2 Å². The number of ether oxygens (including phenoxy) is 1. The lowest BCUT2D eigenvalue weighted by Crippen LogP contribution is -2.26. The summed E-state index contributed by atoms with van der Waals surface area (Å²) in [4.78, 5) is 22.2. The third-order valence-electron chi connectivity index (χ3n) is 1.39. The lowest BCUT2D eigenvalue weighted by molar-refractivity contribution is -0.139. The first kappa shape index (κ1) is 10.9. The number of methoxy groups -OCH3 is 1. The molecular weight excluding hydrogens is 156 g/mol. The molecule has 0 heterocycles. The smallest absolute Gasteiger partial charge is 0.340 e. The van der Waals surface area contributed by atoms with Crippen molar-refractivity contribution in [1.82, 2.24) is 0 Å². The van der Waals surface area contributed by atoms with E-state index >= 15 is 0 Å². The van der Waals surface area contributed by atoms with Gasteiger partial charge in [0, 0.05) is 5.41 Å². The third-order valence-corrected chi connectivity index (χ3v) is 1.39. The zero-order chi connectivity index (χ0) is 9.94. The van der Waals surface area contributed by atoms with E-state index in [2.05, 4.69) is 11.3 Å². The highest BCUT2D eigenvalue weighted by molar-refractivity contribution is 6.18. The molecule has 0 aliphatic carbocycles. The average molecular weight is 170 g/mol. The molecule has 0 fully saturated rings. The molecule has 0 aromatic heterocycles. The van der Waals surface area contributed by atoms with E-state index in [1.54, 1.807) is 20.8 Å². The van der Waals surface area contributed by atoms with Crippen LogP contribution in [-0.4, -0.2) is 18.9 Å². The fourth-order valence-corrected chi connectivity index (χ4v) is 0.669. The van der Waals surface area contributed by atoms with E-state index in [0.29, 0.717) is 0 Å². The summed E-state index contributed by atoms with van der Waals surface area (Å²) < 4.78 is 4.37. The van der Waals surface area contributed by atoms with Crippen molar-refractivity contribution >= 4 is 11.8 Å². The van der Waals surface area contributed by atoms with Crippen LogP contribution in [0.3, 0.4) is 0 Å². The Hall–Kier alpha value is -1.12. The second-order valence-corrected chi connectivity index (χ2v) is 3.55. The molecule has 0 N–H and O–H groups in total. The number of hydrogen-bond donors (Lipinski definition) is 0. The SMILES string of the molecule is C=C(C(=O)OC)C(=O)C(C)(C)C. The van der Waals surface area contributed by atoms with Crippen LogP contribution in [0.4, 0.5) is 0 Å². The van der Waals surface area contributed by atoms with Crippen LogP contribution in [0.25, 0.3) is 0 Å². The van der Waals surface area contributed by atoms with Gasteiger partial charge in [-0.1, -0.05) is 27.4 Å². The van der Waals surface area contributed by atoms with Crippen LogP contribution in [0, 0.1) is 5.41 Å². The zero-order valence-corrected chi connectivity index (χ0v) is 7.93. The Balaban J connectivity index is 4.53. The molecule has 0 aromatic rings. The highest BCUT2D eigenvalue weighted by Gasteiger charge is 2.27. The Morgan fingerprint density at radius 2 is 1.67 bits per heavy atom. The number of ketones is 1. The number of hydrogen-bond acceptors (Lipinski definition) is 3. The van der Waals surface area contributed by atoms with Crippen molar-refractivity contribution in [3.63, 3.8) is 0 Å². The molecule has 12 heavy (non-hydrogen) atoms. The van der Waals surface area contributed by atoms with E-state index in [1.807, 2.05) is 0 Å². The van der Waals surface area contributed by atoms with Crippen LogP contribution < -0.4 is 0 Å². The maximum Gasteiger partial charge on any atom is 0.340 e. The monoisotopic (exact) mass is 170 g/mol. The number of carbonyl (C=O) groups excluding carboxylic acids is 2. The van der Waals surface area contributed by atoms with Gasteiger partial charge in [0.2, 0.25) is 0 Å². The first-order valence-corrected chi connectivity index (χ1v) is 3.62. The van der Waals surface area contributed by atoms with Crippen molar-refractivity contribution < 1.29 is 14.3 Å². The molecule has 0 radical (unpaired) electrons. The van der Waals surface area contributed by atoms with E-state index in [0.717, 1.165) is 0 Å². The van der Waals surface area contributed by atoms with Crippen molar-refractivity contribution in [1.29, 1.82) is 0 Å². The molecule has 0 spiro atoms. The average Bonchev–Trinajstić information content (AvgIpc) is 1.98. The number of rotatable bonds is 2. The van der Waals surface area contributed by atoms with E-state index in [4.69, 9.17) is 0 Å². The highest BCUT2D eigenvalue weighted by atomic mass is 16.5. The van der Waals surface area contributed by atoms with E-state index < -0.39 is 11.4 Å².